The minimum atomic E-state index is 0.140. The highest BCUT2D eigenvalue weighted by Gasteiger charge is 2.23. The molecule has 0 unspecified atom stereocenters. The smallest absolute Gasteiger partial charge is 0.0681 e. The molecule has 0 aromatic heterocycles. The van der Waals surface area contributed by atoms with Crippen molar-refractivity contribution in [2.75, 3.05) is 13.1 Å². The van der Waals surface area contributed by atoms with Crippen molar-refractivity contribution < 1.29 is 5.11 Å². The molecule has 0 radical (unpaired) electrons. The second kappa shape index (κ2) is 6.18. The molecule has 1 aliphatic rings. The summed E-state index contributed by atoms with van der Waals surface area (Å²) in [5.74, 6) is 0.957. The number of aliphatic hydroxyl groups is 1. The van der Waals surface area contributed by atoms with E-state index in [1.807, 2.05) is 12.1 Å². The lowest BCUT2D eigenvalue weighted by atomic mass is 10.1. The summed E-state index contributed by atoms with van der Waals surface area (Å²) in [5.41, 5.74) is 2.36. The Hall–Kier alpha value is -0.860. The Bertz CT molecular complexity index is 329. The van der Waals surface area contributed by atoms with Crippen LogP contribution in [0.5, 0.6) is 0 Å². The molecule has 0 saturated heterocycles. The van der Waals surface area contributed by atoms with Crippen LogP contribution in [0.3, 0.4) is 0 Å². The van der Waals surface area contributed by atoms with Crippen LogP contribution in [0, 0.1) is 5.92 Å². The van der Waals surface area contributed by atoms with Gasteiger partial charge in [-0.2, -0.15) is 0 Å². The molecule has 1 saturated carbocycles. The van der Waals surface area contributed by atoms with E-state index in [4.69, 9.17) is 5.11 Å². The number of hydrogen-bond donors (Lipinski definition) is 1. The summed E-state index contributed by atoms with van der Waals surface area (Å²) < 4.78 is 0. The molecule has 1 aromatic rings. The van der Waals surface area contributed by atoms with E-state index in [0.29, 0.717) is 0 Å². The molecule has 0 bridgehead atoms. The lowest BCUT2D eigenvalue weighted by Gasteiger charge is -2.21. The number of aliphatic hydroxyl groups excluding tert-OH is 1. The predicted octanol–water partition coefficient (Wildman–Crippen LogP) is 2.80. The van der Waals surface area contributed by atoms with Gasteiger partial charge >= 0.3 is 0 Å². The summed E-state index contributed by atoms with van der Waals surface area (Å²) in [5, 5.41) is 9.01. The predicted molar refractivity (Wildman–Crippen MR) is 70.7 cm³/mol. The number of benzene rings is 1. The standard InChI is InChI=1S/C15H23NO/c1-2-9-16(10-13-3-4-13)11-14-5-7-15(12-17)8-6-14/h5-8,13,17H,2-4,9-12H2,1H3. The van der Waals surface area contributed by atoms with E-state index in [1.165, 1.54) is 37.9 Å². The van der Waals surface area contributed by atoms with Crippen molar-refractivity contribution in [3.8, 4) is 0 Å². The highest BCUT2D eigenvalue weighted by atomic mass is 16.3. The second-order valence-corrected chi connectivity index (χ2v) is 5.15. The largest absolute Gasteiger partial charge is 0.392 e. The van der Waals surface area contributed by atoms with Crippen molar-refractivity contribution in [1.82, 2.24) is 4.90 Å². The van der Waals surface area contributed by atoms with Crippen LogP contribution in [0.1, 0.15) is 37.3 Å². The fraction of sp³-hybridized carbons (Fsp3) is 0.600. The molecule has 1 fully saturated rings. The van der Waals surface area contributed by atoms with Gasteiger partial charge in [-0.25, -0.2) is 0 Å². The summed E-state index contributed by atoms with van der Waals surface area (Å²) in [6, 6.07) is 8.33. The zero-order chi connectivity index (χ0) is 12.1. The van der Waals surface area contributed by atoms with E-state index in [1.54, 1.807) is 0 Å². The summed E-state index contributed by atoms with van der Waals surface area (Å²) in [6.45, 7) is 5.89. The van der Waals surface area contributed by atoms with Gasteiger partial charge < -0.3 is 5.11 Å². The Morgan fingerprint density at radius 1 is 1.18 bits per heavy atom. The Morgan fingerprint density at radius 3 is 2.35 bits per heavy atom. The third-order valence-corrected chi connectivity index (χ3v) is 3.36. The van der Waals surface area contributed by atoms with Gasteiger partial charge in [0.1, 0.15) is 0 Å². The van der Waals surface area contributed by atoms with Crippen molar-refractivity contribution in [3.63, 3.8) is 0 Å². The van der Waals surface area contributed by atoms with Gasteiger partial charge in [-0.3, -0.25) is 4.90 Å². The van der Waals surface area contributed by atoms with Gasteiger partial charge in [-0.1, -0.05) is 31.2 Å². The molecule has 2 rings (SSSR count). The Kier molecular flexibility index (Phi) is 4.57. The maximum atomic E-state index is 9.01. The molecule has 2 nitrogen and oxygen atoms in total. The van der Waals surface area contributed by atoms with Crippen molar-refractivity contribution in [2.24, 2.45) is 5.92 Å². The molecule has 0 heterocycles. The number of hydrogen-bond acceptors (Lipinski definition) is 2. The quantitative estimate of drug-likeness (QED) is 0.783. The lowest BCUT2D eigenvalue weighted by Crippen LogP contribution is -2.26. The zero-order valence-corrected chi connectivity index (χ0v) is 10.7. The van der Waals surface area contributed by atoms with Crippen LogP contribution in [0.25, 0.3) is 0 Å². The average molecular weight is 233 g/mol. The first kappa shape index (κ1) is 12.6. The number of nitrogens with zero attached hydrogens (tertiary/aromatic N) is 1. The maximum Gasteiger partial charge on any atom is 0.0681 e. The molecule has 17 heavy (non-hydrogen) atoms. The maximum absolute atomic E-state index is 9.01. The van der Waals surface area contributed by atoms with Gasteiger partial charge in [-0.15, -0.1) is 0 Å². The Labute approximate surface area is 104 Å². The molecular formula is C15H23NO. The van der Waals surface area contributed by atoms with Crippen molar-refractivity contribution in [1.29, 1.82) is 0 Å². The highest BCUT2D eigenvalue weighted by Crippen LogP contribution is 2.30. The van der Waals surface area contributed by atoms with Crippen LogP contribution in [0.4, 0.5) is 0 Å². The fourth-order valence-electron chi connectivity index (χ4n) is 2.22. The normalized spacial score (nSPS) is 15.5. The topological polar surface area (TPSA) is 23.5 Å². The molecule has 0 amide bonds. The van der Waals surface area contributed by atoms with E-state index >= 15 is 0 Å². The lowest BCUT2D eigenvalue weighted by molar-refractivity contribution is 0.255. The average Bonchev–Trinajstić information content (AvgIpc) is 3.14. The van der Waals surface area contributed by atoms with Gasteiger partial charge in [0, 0.05) is 13.1 Å². The Balaban J connectivity index is 1.90. The van der Waals surface area contributed by atoms with E-state index in [2.05, 4.69) is 24.0 Å². The van der Waals surface area contributed by atoms with Crippen molar-refractivity contribution >= 4 is 0 Å². The summed E-state index contributed by atoms with van der Waals surface area (Å²) in [7, 11) is 0. The second-order valence-electron chi connectivity index (χ2n) is 5.15. The van der Waals surface area contributed by atoms with Crippen LogP contribution in [-0.2, 0) is 13.2 Å². The summed E-state index contributed by atoms with van der Waals surface area (Å²) in [4.78, 5) is 2.56. The zero-order valence-electron chi connectivity index (χ0n) is 10.7. The summed E-state index contributed by atoms with van der Waals surface area (Å²) >= 11 is 0. The van der Waals surface area contributed by atoms with E-state index < -0.39 is 0 Å². The van der Waals surface area contributed by atoms with Crippen LogP contribution in [0.2, 0.25) is 0 Å². The van der Waals surface area contributed by atoms with E-state index in [-0.39, 0.29) is 6.61 Å². The van der Waals surface area contributed by atoms with E-state index in [0.717, 1.165) is 18.0 Å². The van der Waals surface area contributed by atoms with Gasteiger partial charge in [0.2, 0.25) is 0 Å². The van der Waals surface area contributed by atoms with Crippen molar-refractivity contribution in [3.05, 3.63) is 35.4 Å². The van der Waals surface area contributed by atoms with Gasteiger partial charge in [0.15, 0.2) is 0 Å². The molecule has 1 aliphatic carbocycles. The van der Waals surface area contributed by atoms with Gasteiger partial charge in [0.05, 0.1) is 6.61 Å². The molecular weight excluding hydrogens is 210 g/mol. The van der Waals surface area contributed by atoms with Crippen LogP contribution in [0.15, 0.2) is 24.3 Å². The molecule has 1 aromatic carbocycles. The molecule has 2 heteroatoms. The first-order valence-corrected chi connectivity index (χ1v) is 6.73. The molecule has 1 N–H and O–H groups in total. The third-order valence-electron chi connectivity index (χ3n) is 3.36. The minimum Gasteiger partial charge on any atom is -0.392 e. The van der Waals surface area contributed by atoms with Crippen LogP contribution in [-0.4, -0.2) is 23.1 Å². The van der Waals surface area contributed by atoms with Crippen LogP contribution < -0.4 is 0 Å². The van der Waals surface area contributed by atoms with Gasteiger partial charge in [0.25, 0.3) is 0 Å². The molecule has 94 valence electrons. The van der Waals surface area contributed by atoms with Crippen LogP contribution >= 0.6 is 0 Å². The first-order chi connectivity index (χ1) is 8.31. The number of rotatable bonds is 7. The fourth-order valence-corrected chi connectivity index (χ4v) is 2.22. The Morgan fingerprint density at radius 2 is 1.82 bits per heavy atom. The molecule has 0 aliphatic heterocycles. The molecule has 0 atom stereocenters. The third kappa shape index (κ3) is 4.14. The van der Waals surface area contributed by atoms with E-state index in [9.17, 15) is 0 Å². The van der Waals surface area contributed by atoms with Gasteiger partial charge in [-0.05, 0) is 42.9 Å². The first-order valence-electron chi connectivity index (χ1n) is 6.73. The highest BCUT2D eigenvalue weighted by molar-refractivity contribution is 5.21. The summed E-state index contributed by atoms with van der Waals surface area (Å²) in [6.07, 6.45) is 4.06. The monoisotopic (exact) mass is 233 g/mol. The SMILES string of the molecule is CCCN(Cc1ccc(CO)cc1)CC1CC1. The van der Waals surface area contributed by atoms with Crippen molar-refractivity contribution in [2.45, 2.75) is 39.3 Å². The molecule has 0 spiro atoms. The minimum absolute atomic E-state index is 0.140.